The van der Waals surface area contributed by atoms with Gasteiger partial charge in [0, 0.05) is 19.6 Å². The van der Waals surface area contributed by atoms with E-state index in [4.69, 9.17) is 0 Å². The third-order valence-electron chi connectivity index (χ3n) is 4.17. The van der Waals surface area contributed by atoms with Crippen LogP contribution in [0.1, 0.15) is 17.5 Å². The van der Waals surface area contributed by atoms with E-state index in [2.05, 4.69) is 47.8 Å². The maximum atomic E-state index is 12.2. The highest BCUT2D eigenvalue weighted by atomic mass is 16.2. The number of nitrogens with zero attached hydrogens (tertiary/aromatic N) is 1. The van der Waals surface area contributed by atoms with Crippen molar-refractivity contribution < 1.29 is 4.79 Å². The number of amides is 2. The van der Waals surface area contributed by atoms with Crippen molar-refractivity contribution in [3.8, 4) is 0 Å². The summed E-state index contributed by atoms with van der Waals surface area (Å²) in [7, 11) is 0. The fourth-order valence-electron chi connectivity index (χ4n) is 2.84. The second-order valence-corrected chi connectivity index (χ2v) is 5.76. The zero-order chi connectivity index (χ0) is 15.9. The molecule has 3 rings (SSSR count). The minimum absolute atomic E-state index is 0.0318. The standard InChI is InChI=1S/C20H22N2O/c23-20(21-14-11-17-7-3-1-4-8-17)22-15-12-19(13-16-22)18-9-5-2-6-10-18/h1-10,12H,11,13-16H2,(H,21,23). The molecule has 2 amide bonds. The molecular weight excluding hydrogens is 284 g/mol. The van der Waals surface area contributed by atoms with E-state index in [9.17, 15) is 4.79 Å². The molecule has 3 heteroatoms. The number of hydrogen-bond acceptors (Lipinski definition) is 1. The number of carbonyl (C=O) groups is 1. The Labute approximate surface area is 137 Å². The summed E-state index contributed by atoms with van der Waals surface area (Å²) in [6, 6.07) is 20.6. The Hall–Kier alpha value is -2.55. The average molecular weight is 306 g/mol. The van der Waals surface area contributed by atoms with E-state index in [0.29, 0.717) is 13.1 Å². The minimum Gasteiger partial charge on any atom is -0.338 e. The topological polar surface area (TPSA) is 32.3 Å². The Morgan fingerprint density at radius 1 is 1.00 bits per heavy atom. The molecule has 0 unspecified atom stereocenters. The Kier molecular flexibility index (Phi) is 5.09. The lowest BCUT2D eigenvalue weighted by Gasteiger charge is -2.27. The molecule has 0 radical (unpaired) electrons. The Balaban J connectivity index is 1.47. The van der Waals surface area contributed by atoms with Crippen LogP contribution in [0.2, 0.25) is 0 Å². The van der Waals surface area contributed by atoms with Gasteiger partial charge in [0.15, 0.2) is 0 Å². The van der Waals surface area contributed by atoms with E-state index in [1.807, 2.05) is 29.2 Å². The molecular formula is C20H22N2O. The molecule has 1 heterocycles. The molecule has 1 aliphatic heterocycles. The van der Waals surface area contributed by atoms with E-state index in [1.54, 1.807) is 0 Å². The van der Waals surface area contributed by atoms with Crippen LogP contribution in [0, 0.1) is 0 Å². The van der Waals surface area contributed by atoms with Gasteiger partial charge in [-0.15, -0.1) is 0 Å². The third-order valence-corrected chi connectivity index (χ3v) is 4.17. The SMILES string of the molecule is O=C(NCCc1ccccc1)N1CC=C(c2ccccc2)CC1. The molecule has 0 saturated carbocycles. The van der Waals surface area contributed by atoms with E-state index in [0.717, 1.165) is 19.4 Å². The van der Waals surface area contributed by atoms with Crippen molar-refractivity contribution in [3.05, 3.63) is 77.9 Å². The van der Waals surface area contributed by atoms with Gasteiger partial charge >= 0.3 is 6.03 Å². The summed E-state index contributed by atoms with van der Waals surface area (Å²) >= 11 is 0. The number of hydrogen-bond donors (Lipinski definition) is 1. The molecule has 23 heavy (non-hydrogen) atoms. The monoisotopic (exact) mass is 306 g/mol. The first kappa shape index (κ1) is 15.3. The van der Waals surface area contributed by atoms with E-state index in [1.165, 1.54) is 16.7 Å². The molecule has 1 N–H and O–H groups in total. The van der Waals surface area contributed by atoms with Crippen molar-refractivity contribution in [2.75, 3.05) is 19.6 Å². The second kappa shape index (κ2) is 7.63. The van der Waals surface area contributed by atoms with Crippen LogP contribution in [0.3, 0.4) is 0 Å². The van der Waals surface area contributed by atoms with Gasteiger partial charge in [-0.1, -0.05) is 66.7 Å². The minimum atomic E-state index is 0.0318. The molecule has 3 nitrogen and oxygen atoms in total. The first-order valence-electron chi connectivity index (χ1n) is 8.14. The van der Waals surface area contributed by atoms with Crippen molar-refractivity contribution in [2.24, 2.45) is 0 Å². The molecule has 2 aromatic rings. The lowest BCUT2D eigenvalue weighted by atomic mass is 10.00. The maximum absolute atomic E-state index is 12.2. The molecule has 0 fully saturated rings. The normalized spacial score (nSPS) is 14.3. The zero-order valence-corrected chi connectivity index (χ0v) is 13.2. The van der Waals surface area contributed by atoms with Crippen molar-refractivity contribution in [2.45, 2.75) is 12.8 Å². The van der Waals surface area contributed by atoms with Crippen molar-refractivity contribution >= 4 is 11.6 Å². The predicted octanol–water partition coefficient (Wildman–Crippen LogP) is 3.73. The van der Waals surface area contributed by atoms with E-state index >= 15 is 0 Å². The highest BCUT2D eigenvalue weighted by Gasteiger charge is 2.17. The molecule has 1 aliphatic rings. The molecule has 0 bridgehead atoms. The highest BCUT2D eigenvalue weighted by Crippen LogP contribution is 2.21. The summed E-state index contributed by atoms with van der Waals surface area (Å²) in [6.07, 6.45) is 3.94. The first-order valence-corrected chi connectivity index (χ1v) is 8.14. The zero-order valence-electron chi connectivity index (χ0n) is 13.2. The Morgan fingerprint density at radius 2 is 1.70 bits per heavy atom. The number of benzene rings is 2. The maximum Gasteiger partial charge on any atom is 0.317 e. The first-order chi connectivity index (χ1) is 11.3. The third kappa shape index (κ3) is 4.22. The van der Waals surface area contributed by atoms with Gasteiger partial charge in [0.05, 0.1) is 0 Å². The molecule has 118 valence electrons. The lowest BCUT2D eigenvalue weighted by molar-refractivity contribution is 0.203. The summed E-state index contributed by atoms with van der Waals surface area (Å²) in [4.78, 5) is 14.1. The van der Waals surface area contributed by atoms with Crippen molar-refractivity contribution in [3.63, 3.8) is 0 Å². The Bertz CT molecular complexity index is 665. The van der Waals surface area contributed by atoms with Gasteiger partial charge in [-0.05, 0) is 29.5 Å². The summed E-state index contributed by atoms with van der Waals surface area (Å²) in [6.45, 7) is 2.13. The number of nitrogens with one attached hydrogen (secondary N) is 1. The molecule has 0 aromatic heterocycles. The number of carbonyl (C=O) groups excluding carboxylic acids is 1. The smallest absolute Gasteiger partial charge is 0.317 e. The summed E-state index contributed by atoms with van der Waals surface area (Å²) in [5.74, 6) is 0. The molecule has 2 aromatic carbocycles. The van der Waals surface area contributed by atoms with Crippen LogP contribution < -0.4 is 5.32 Å². The second-order valence-electron chi connectivity index (χ2n) is 5.76. The van der Waals surface area contributed by atoms with Gasteiger partial charge in [-0.3, -0.25) is 0 Å². The van der Waals surface area contributed by atoms with Crippen LogP contribution in [-0.2, 0) is 6.42 Å². The molecule has 0 spiro atoms. The Morgan fingerprint density at radius 3 is 2.35 bits per heavy atom. The van der Waals surface area contributed by atoms with Gasteiger partial charge in [0.25, 0.3) is 0 Å². The highest BCUT2D eigenvalue weighted by molar-refractivity contribution is 5.76. The molecule has 0 atom stereocenters. The van der Waals surface area contributed by atoms with Crippen LogP contribution in [0.25, 0.3) is 5.57 Å². The van der Waals surface area contributed by atoms with Gasteiger partial charge in [-0.2, -0.15) is 0 Å². The summed E-state index contributed by atoms with van der Waals surface area (Å²) in [5, 5.41) is 3.01. The van der Waals surface area contributed by atoms with Gasteiger partial charge in [0.2, 0.25) is 0 Å². The quantitative estimate of drug-likeness (QED) is 0.917. The fraction of sp³-hybridized carbons (Fsp3) is 0.250. The van der Waals surface area contributed by atoms with Crippen LogP contribution in [0.5, 0.6) is 0 Å². The van der Waals surface area contributed by atoms with Crippen LogP contribution >= 0.6 is 0 Å². The van der Waals surface area contributed by atoms with E-state index in [-0.39, 0.29) is 6.03 Å². The largest absolute Gasteiger partial charge is 0.338 e. The summed E-state index contributed by atoms with van der Waals surface area (Å²) < 4.78 is 0. The van der Waals surface area contributed by atoms with Crippen LogP contribution in [-0.4, -0.2) is 30.6 Å². The van der Waals surface area contributed by atoms with Gasteiger partial charge in [-0.25, -0.2) is 4.79 Å². The molecule has 0 saturated heterocycles. The summed E-state index contributed by atoms with van der Waals surface area (Å²) in [5.41, 5.74) is 3.84. The van der Waals surface area contributed by atoms with Crippen molar-refractivity contribution in [1.82, 2.24) is 10.2 Å². The van der Waals surface area contributed by atoms with Crippen molar-refractivity contribution in [1.29, 1.82) is 0 Å². The van der Waals surface area contributed by atoms with E-state index < -0.39 is 0 Å². The van der Waals surface area contributed by atoms with Crippen LogP contribution in [0.4, 0.5) is 4.79 Å². The van der Waals surface area contributed by atoms with Crippen LogP contribution in [0.15, 0.2) is 66.7 Å². The van der Waals surface area contributed by atoms with Gasteiger partial charge < -0.3 is 10.2 Å². The molecule has 0 aliphatic carbocycles. The fourth-order valence-corrected chi connectivity index (χ4v) is 2.84. The average Bonchev–Trinajstić information content (AvgIpc) is 2.63. The number of urea groups is 1. The predicted molar refractivity (Wildman–Crippen MR) is 94.2 cm³/mol. The number of rotatable bonds is 4. The lowest BCUT2D eigenvalue weighted by Crippen LogP contribution is -2.42. The van der Waals surface area contributed by atoms with Gasteiger partial charge in [0.1, 0.15) is 0 Å².